The normalized spacial score (nSPS) is 14.5. The van der Waals surface area contributed by atoms with Crippen LogP contribution in [0.25, 0.3) is 0 Å². The van der Waals surface area contributed by atoms with E-state index in [0.717, 1.165) is 18.4 Å². The summed E-state index contributed by atoms with van der Waals surface area (Å²) in [7, 11) is 3.32. The number of hydrogen-bond donors (Lipinski definition) is 1. The van der Waals surface area contributed by atoms with E-state index in [-0.39, 0.29) is 17.6 Å². The Hall–Kier alpha value is -1.71. The molecule has 2 rings (SSSR count). The molecule has 1 N–H and O–H groups in total. The van der Waals surface area contributed by atoms with Gasteiger partial charge in [0.05, 0.1) is 7.11 Å². The van der Waals surface area contributed by atoms with Crippen LogP contribution in [0.3, 0.4) is 0 Å². The van der Waals surface area contributed by atoms with Crippen LogP contribution in [-0.4, -0.2) is 30.1 Å². The molecule has 0 bridgehead atoms. The van der Waals surface area contributed by atoms with Gasteiger partial charge in [0.1, 0.15) is 0 Å². The van der Waals surface area contributed by atoms with Crippen LogP contribution in [0.1, 0.15) is 18.4 Å². The standard InChI is InChI=1S/C13H17NO3/c1-14(13(16)10-4-5-10)8-9-3-6-11(15)12(7-9)17-2/h3,6-7,10,15H,4-5,8H2,1-2H3. The van der Waals surface area contributed by atoms with E-state index in [1.807, 2.05) is 0 Å². The third-order valence-corrected chi connectivity index (χ3v) is 2.97. The van der Waals surface area contributed by atoms with Gasteiger partial charge in [0.25, 0.3) is 0 Å². The van der Waals surface area contributed by atoms with Crippen LogP contribution in [0.15, 0.2) is 18.2 Å². The van der Waals surface area contributed by atoms with E-state index in [1.165, 1.54) is 7.11 Å². The minimum absolute atomic E-state index is 0.118. The Labute approximate surface area is 101 Å². The summed E-state index contributed by atoms with van der Waals surface area (Å²) in [6, 6.07) is 5.14. The summed E-state index contributed by atoms with van der Waals surface area (Å²) in [6.45, 7) is 0.548. The molecule has 1 aromatic rings. The molecule has 0 saturated heterocycles. The lowest BCUT2D eigenvalue weighted by Crippen LogP contribution is -2.27. The average molecular weight is 235 g/mol. The molecule has 17 heavy (non-hydrogen) atoms. The molecule has 0 aromatic heterocycles. The fourth-order valence-electron chi connectivity index (χ4n) is 1.81. The maximum absolute atomic E-state index is 11.8. The molecule has 1 aliphatic carbocycles. The molecule has 1 fully saturated rings. The second-order valence-electron chi connectivity index (χ2n) is 4.47. The largest absolute Gasteiger partial charge is 0.504 e. The Bertz CT molecular complexity index is 427. The number of nitrogens with zero attached hydrogens (tertiary/aromatic N) is 1. The zero-order chi connectivity index (χ0) is 12.4. The molecule has 4 heteroatoms. The fourth-order valence-corrected chi connectivity index (χ4v) is 1.81. The highest BCUT2D eigenvalue weighted by atomic mass is 16.5. The van der Waals surface area contributed by atoms with Gasteiger partial charge < -0.3 is 14.7 Å². The molecule has 0 atom stereocenters. The van der Waals surface area contributed by atoms with Crippen molar-refractivity contribution in [2.45, 2.75) is 19.4 Å². The molecular weight excluding hydrogens is 218 g/mol. The van der Waals surface area contributed by atoms with E-state index in [4.69, 9.17) is 4.74 Å². The lowest BCUT2D eigenvalue weighted by Gasteiger charge is -2.17. The van der Waals surface area contributed by atoms with Crippen molar-refractivity contribution < 1.29 is 14.6 Å². The summed E-state index contributed by atoms with van der Waals surface area (Å²) in [5.41, 5.74) is 0.955. The number of ether oxygens (including phenoxy) is 1. The number of phenolic OH excluding ortho intramolecular Hbond substituents is 1. The first-order chi connectivity index (χ1) is 8.11. The fraction of sp³-hybridized carbons (Fsp3) is 0.462. The van der Waals surface area contributed by atoms with Crippen LogP contribution in [0.4, 0.5) is 0 Å². The Balaban J connectivity index is 2.04. The monoisotopic (exact) mass is 235 g/mol. The molecule has 1 aromatic carbocycles. The lowest BCUT2D eigenvalue weighted by atomic mass is 10.2. The van der Waals surface area contributed by atoms with Crippen molar-refractivity contribution in [3.8, 4) is 11.5 Å². The molecule has 92 valence electrons. The molecule has 1 aliphatic rings. The van der Waals surface area contributed by atoms with E-state index >= 15 is 0 Å². The molecular formula is C13H17NO3. The number of phenols is 1. The third-order valence-electron chi connectivity index (χ3n) is 2.97. The van der Waals surface area contributed by atoms with Gasteiger partial charge in [-0.3, -0.25) is 4.79 Å². The number of carbonyl (C=O) groups excluding carboxylic acids is 1. The van der Waals surface area contributed by atoms with Crippen LogP contribution < -0.4 is 4.74 Å². The van der Waals surface area contributed by atoms with Gasteiger partial charge in [-0.05, 0) is 30.5 Å². The first-order valence-corrected chi connectivity index (χ1v) is 5.72. The van der Waals surface area contributed by atoms with Crippen molar-refractivity contribution in [2.24, 2.45) is 5.92 Å². The number of amides is 1. The number of methoxy groups -OCH3 is 1. The summed E-state index contributed by atoms with van der Waals surface area (Å²) in [5.74, 6) is 0.998. The van der Waals surface area contributed by atoms with Crippen molar-refractivity contribution in [1.29, 1.82) is 0 Å². The van der Waals surface area contributed by atoms with Gasteiger partial charge in [0, 0.05) is 19.5 Å². The van der Waals surface area contributed by atoms with Gasteiger partial charge in [0.2, 0.25) is 5.91 Å². The molecule has 0 spiro atoms. The Morgan fingerprint density at radius 3 is 2.82 bits per heavy atom. The quantitative estimate of drug-likeness (QED) is 0.865. The second-order valence-corrected chi connectivity index (χ2v) is 4.47. The summed E-state index contributed by atoms with van der Waals surface area (Å²) < 4.78 is 5.03. The number of aromatic hydroxyl groups is 1. The van der Waals surface area contributed by atoms with Crippen LogP contribution in [0.5, 0.6) is 11.5 Å². The maximum atomic E-state index is 11.8. The zero-order valence-electron chi connectivity index (χ0n) is 10.1. The first kappa shape index (κ1) is 11.8. The van der Waals surface area contributed by atoms with Gasteiger partial charge in [-0.2, -0.15) is 0 Å². The van der Waals surface area contributed by atoms with E-state index in [1.54, 1.807) is 30.1 Å². The van der Waals surface area contributed by atoms with Gasteiger partial charge in [0.15, 0.2) is 11.5 Å². The van der Waals surface area contributed by atoms with Crippen molar-refractivity contribution >= 4 is 5.91 Å². The number of benzene rings is 1. The molecule has 0 radical (unpaired) electrons. The van der Waals surface area contributed by atoms with Crippen molar-refractivity contribution in [3.05, 3.63) is 23.8 Å². The smallest absolute Gasteiger partial charge is 0.225 e. The first-order valence-electron chi connectivity index (χ1n) is 5.72. The highest BCUT2D eigenvalue weighted by molar-refractivity contribution is 5.80. The SMILES string of the molecule is COc1cc(CN(C)C(=O)C2CC2)ccc1O. The van der Waals surface area contributed by atoms with E-state index in [0.29, 0.717) is 12.3 Å². The van der Waals surface area contributed by atoms with E-state index in [2.05, 4.69) is 0 Å². The summed E-state index contributed by atoms with van der Waals surface area (Å²) >= 11 is 0. The third kappa shape index (κ3) is 2.70. The van der Waals surface area contributed by atoms with Crippen molar-refractivity contribution in [3.63, 3.8) is 0 Å². The maximum Gasteiger partial charge on any atom is 0.225 e. The Morgan fingerprint density at radius 1 is 1.53 bits per heavy atom. The summed E-state index contributed by atoms with van der Waals surface area (Å²) in [6.07, 6.45) is 2.03. The number of hydrogen-bond acceptors (Lipinski definition) is 3. The topological polar surface area (TPSA) is 49.8 Å². The number of carbonyl (C=O) groups is 1. The highest BCUT2D eigenvalue weighted by Gasteiger charge is 2.31. The minimum Gasteiger partial charge on any atom is -0.504 e. The van der Waals surface area contributed by atoms with Crippen LogP contribution in [0.2, 0.25) is 0 Å². The predicted octanol–water partition coefficient (Wildman–Crippen LogP) is 1.77. The molecule has 1 amide bonds. The van der Waals surface area contributed by atoms with Crippen LogP contribution in [-0.2, 0) is 11.3 Å². The zero-order valence-corrected chi connectivity index (χ0v) is 10.1. The summed E-state index contributed by atoms with van der Waals surface area (Å²) in [4.78, 5) is 13.5. The lowest BCUT2D eigenvalue weighted by molar-refractivity contribution is -0.131. The predicted molar refractivity (Wildman–Crippen MR) is 63.9 cm³/mol. The Morgan fingerprint density at radius 2 is 2.24 bits per heavy atom. The van der Waals surface area contributed by atoms with Gasteiger partial charge in [-0.15, -0.1) is 0 Å². The molecule has 0 heterocycles. The van der Waals surface area contributed by atoms with E-state index < -0.39 is 0 Å². The highest BCUT2D eigenvalue weighted by Crippen LogP contribution is 2.31. The average Bonchev–Trinajstić information content (AvgIpc) is 3.14. The molecule has 4 nitrogen and oxygen atoms in total. The van der Waals surface area contributed by atoms with Crippen molar-refractivity contribution in [1.82, 2.24) is 4.90 Å². The van der Waals surface area contributed by atoms with E-state index in [9.17, 15) is 9.90 Å². The van der Waals surface area contributed by atoms with Crippen LogP contribution in [0, 0.1) is 5.92 Å². The number of rotatable bonds is 4. The van der Waals surface area contributed by atoms with Gasteiger partial charge in [-0.25, -0.2) is 0 Å². The Kier molecular flexibility index (Phi) is 3.22. The molecule has 1 saturated carbocycles. The molecule has 0 unspecified atom stereocenters. The van der Waals surface area contributed by atoms with Crippen LogP contribution >= 0.6 is 0 Å². The molecule has 0 aliphatic heterocycles. The van der Waals surface area contributed by atoms with Gasteiger partial charge in [-0.1, -0.05) is 6.07 Å². The second kappa shape index (κ2) is 4.65. The van der Waals surface area contributed by atoms with Gasteiger partial charge >= 0.3 is 0 Å². The minimum atomic E-state index is 0.118. The van der Waals surface area contributed by atoms with Crippen molar-refractivity contribution in [2.75, 3.05) is 14.2 Å². The summed E-state index contributed by atoms with van der Waals surface area (Å²) in [5, 5.41) is 9.47.